The summed E-state index contributed by atoms with van der Waals surface area (Å²) in [5, 5.41) is 12.2. The third-order valence-electron chi connectivity index (χ3n) is 4.07. The average Bonchev–Trinajstić information content (AvgIpc) is 3.26. The molecule has 0 unspecified atom stereocenters. The molecule has 0 fully saturated rings. The van der Waals surface area contributed by atoms with Crippen molar-refractivity contribution in [2.45, 2.75) is 25.4 Å². The molecular weight excluding hydrogens is 322 g/mol. The van der Waals surface area contributed by atoms with E-state index in [1.54, 1.807) is 17.7 Å². The van der Waals surface area contributed by atoms with Crippen molar-refractivity contribution in [3.8, 4) is 10.4 Å². The third kappa shape index (κ3) is 3.16. The smallest absolute Gasteiger partial charge is 0.319 e. The van der Waals surface area contributed by atoms with Crippen LogP contribution in [0.3, 0.4) is 0 Å². The standard InChI is InChI=1S/C17H17N5OS/c23-17(21-14-6-7-16-18-11-19-22(16)10-14)20-13-4-1-3-12(9-13)15-5-2-8-24-15/h1-5,8-9,11,14H,6-7,10H2,(H2,20,21,23)/t14-/m0/s1. The van der Waals surface area contributed by atoms with Crippen molar-refractivity contribution in [3.05, 3.63) is 53.9 Å². The summed E-state index contributed by atoms with van der Waals surface area (Å²) in [7, 11) is 0. The number of hydrogen-bond donors (Lipinski definition) is 2. The number of carbonyl (C=O) groups is 1. The summed E-state index contributed by atoms with van der Waals surface area (Å²) in [6.45, 7) is 0.665. The lowest BCUT2D eigenvalue weighted by Gasteiger charge is -2.23. The largest absolute Gasteiger partial charge is 0.333 e. The number of aromatic nitrogens is 3. The van der Waals surface area contributed by atoms with E-state index < -0.39 is 0 Å². The van der Waals surface area contributed by atoms with E-state index in [0.717, 1.165) is 29.9 Å². The van der Waals surface area contributed by atoms with Gasteiger partial charge >= 0.3 is 6.03 Å². The van der Waals surface area contributed by atoms with Crippen molar-refractivity contribution in [1.82, 2.24) is 20.1 Å². The zero-order valence-corrected chi connectivity index (χ0v) is 13.8. The van der Waals surface area contributed by atoms with Crippen LogP contribution in [0.1, 0.15) is 12.2 Å². The van der Waals surface area contributed by atoms with Gasteiger partial charge in [0.2, 0.25) is 0 Å². The Morgan fingerprint density at radius 2 is 2.25 bits per heavy atom. The number of hydrogen-bond acceptors (Lipinski definition) is 4. The van der Waals surface area contributed by atoms with E-state index in [1.807, 2.05) is 40.4 Å². The van der Waals surface area contributed by atoms with E-state index in [9.17, 15) is 4.79 Å². The van der Waals surface area contributed by atoms with E-state index in [-0.39, 0.29) is 12.1 Å². The van der Waals surface area contributed by atoms with Crippen LogP contribution in [-0.4, -0.2) is 26.8 Å². The highest BCUT2D eigenvalue weighted by Crippen LogP contribution is 2.26. The number of nitrogens with one attached hydrogen (secondary N) is 2. The Kier molecular flexibility index (Phi) is 4.00. The number of fused-ring (bicyclic) bond motifs is 1. The molecule has 1 atom stereocenters. The summed E-state index contributed by atoms with van der Waals surface area (Å²) in [5.41, 5.74) is 1.89. The molecule has 1 aliphatic rings. The molecule has 0 saturated heterocycles. The molecule has 2 N–H and O–H groups in total. The van der Waals surface area contributed by atoms with Crippen LogP contribution in [0.25, 0.3) is 10.4 Å². The Labute approximate surface area is 143 Å². The zero-order valence-electron chi connectivity index (χ0n) is 13.0. The molecule has 24 heavy (non-hydrogen) atoms. The van der Waals surface area contributed by atoms with Crippen molar-refractivity contribution in [1.29, 1.82) is 0 Å². The summed E-state index contributed by atoms with van der Waals surface area (Å²) in [5.74, 6) is 0.983. The number of nitrogens with zero attached hydrogens (tertiary/aromatic N) is 3. The quantitative estimate of drug-likeness (QED) is 0.770. The molecule has 122 valence electrons. The predicted molar refractivity (Wildman–Crippen MR) is 94.0 cm³/mol. The Morgan fingerprint density at radius 3 is 3.12 bits per heavy atom. The van der Waals surface area contributed by atoms with E-state index in [2.05, 4.69) is 26.8 Å². The van der Waals surface area contributed by atoms with E-state index >= 15 is 0 Å². The fourth-order valence-electron chi connectivity index (χ4n) is 2.90. The maximum atomic E-state index is 12.3. The molecule has 6 nitrogen and oxygen atoms in total. The molecule has 0 saturated carbocycles. The molecule has 0 aliphatic carbocycles. The summed E-state index contributed by atoms with van der Waals surface area (Å²) in [6, 6.07) is 11.9. The fourth-order valence-corrected chi connectivity index (χ4v) is 3.62. The third-order valence-corrected chi connectivity index (χ3v) is 4.99. The van der Waals surface area contributed by atoms with Gasteiger partial charge in [0.25, 0.3) is 0 Å². The molecule has 1 aliphatic heterocycles. The van der Waals surface area contributed by atoms with Crippen LogP contribution in [0.15, 0.2) is 48.1 Å². The summed E-state index contributed by atoms with van der Waals surface area (Å²) in [4.78, 5) is 17.6. The summed E-state index contributed by atoms with van der Waals surface area (Å²) < 4.78 is 1.85. The molecule has 0 spiro atoms. The lowest BCUT2D eigenvalue weighted by molar-refractivity contribution is 0.243. The van der Waals surface area contributed by atoms with Gasteiger partial charge in [0.1, 0.15) is 12.2 Å². The van der Waals surface area contributed by atoms with Gasteiger partial charge < -0.3 is 10.6 Å². The first-order chi connectivity index (χ1) is 11.8. The number of aryl methyl sites for hydroxylation is 1. The lowest BCUT2D eigenvalue weighted by atomic mass is 10.1. The highest BCUT2D eigenvalue weighted by atomic mass is 32.1. The first kappa shape index (κ1) is 14.9. The van der Waals surface area contributed by atoms with Crippen LogP contribution in [0.2, 0.25) is 0 Å². The molecule has 7 heteroatoms. The maximum Gasteiger partial charge on any atom is 0.319 e. The second-order valence-electron chi connectivity index (χ2n) is 5.75. The molecule has 3 heterocycles. The van der Waals surface area contributed by atoms with Crippen LogP contribution in [-0.2, 0) is 13.0 Å². The van der Waals surface area contributed by atoms with Crippen molar-refractivity contribution in [2.24, 2.45) is 0 Å². The molecule has 0 radical (unpaired) electrons. The minimum absolute atomic E-state index is 0.0691. The number of thiophene rings is 1. The van der Waals surface area contributed by atoms with Gasteiger partial charge in [-0.1, -0.05) is 18.2 Å². The number of anilines is 1. The van der Waals surface area contributed by atoms with Gasteiger partial charge in [0.05, 0.1) is 12.6 Å². The van der Waals surface area contributed by atoms with E-state index in [0.29, 0.717) is 6.54 Å². The molecular formula is C17H17N5OS. The van der Waals surface area contributed by atoms with Crippen molar-refractivity contribution in [2.75, 3.05) is 5.32 Å². The Morgan fingerprint density at radius 1 is 1.29 bits per heavy atom. The van der Waals surface area contributed by atoms with Gasteiger partial charge in [0, 0.05) is 17.0 Å². The molecule has 0 bridgehead atoms. The summed E-state index contributed by atoms with van der Waals surface area (Å²) >= 11 is 1.68. The fraction of sp³-hybridized carbons (Fsp3) is 0.235. The Balaban J connectivity index is 1.39. The van der Waals surface area contributed by atoms with E-state index in [4.69, 9.17) is 0 Å². The highest BCUT2D eigenvalue weighted by molar-refractivity contribution is 7.13. The number of carbonyl (C=O) groups excluding carboxylic acids is 1. The lowest BCUT2D eigenvalue weighted by Crippen LogP contribution is -2.43. The second-order valence-corrected chi connectivity index (χ2v) is 6.70. The first-order valence-electron chi connectivity index (χ1n) is 7.86. The highest BCUT2D eigenvalue weighted by Gasteiger charge is 2.21. The Hall–Kier alpha value is -2.67. The minimum Gasteiger partial charge on any atom is -0.333 e. The van der Waals surface area contributed by atoms with Crippen molar-refractivity contribution in [3.63, 3.8) is 0 Å². The molecule has 2 amide bonds. The van der Waals surface area contributed by atoms with Crippen LogP contribution >= 0.6 is 11.3 Å². The van der Waals surface area contributed by atoms with Crippen molar-refractivity contribution < 1.29 is 4.79 Å². The Bertz CT molecular complexity index is 842. The van der Waals surface area contributed by atoms with Gasteiger partial charge in [-0.2, -0.15) is 5.10 Å². The van der Waals surface area contributed by atoms with Gasteiger partial charge in [-0.15, -0.1) is 11.3 Å². The van der Waals surface area contributed by atoms with Crippen LogP contribution < -0.4 is 10.6 Å². The molecule has 2 aromatic heterocycles. The monoisotopic (exact) mass is 339 g/mol. The topological polar surface area (TPSA) is 71.8 Å². The number of amides is 2. The second kappa shape index (κ2) is 6.45. The summed E-state index contributed by atoms with van der Waals surface area (Å²) in [6.07, 6.45) is 3.27. The van der Waals surface area contributed by atoms with Crippen molar-refractivity contribution >= 4 is 23.1 Å². The van der Waals surface area contributed by atoms with E-state index in [1.165, 1.54) is 4.88 Å². The van der Waals surface area contributed by atoms with Gasteiger partial charge in [-0.05, 0) is 35.6 Å². The van der Waals surface area contributed by atoms with Crippen LogP contribution in [0, 0.1) is 0 Å². The van der Waals surface area contributed by atoms with Gasteiger partial charge in [0.15, 0.2) is 0 Å². The molecule has 4 rings (SSSR count). The van der Waals surface area contributed by atoms with Gasteiger partial charge in [-0.3, -0.25) is 0 Å². The molecule has 1 aromatic carbocycles. The normalized spacial score (nSPS) is 16.4. The minimum atomic E-state index is -0.188. The molecule has 3 aromatic rings. The van der Waals surface area contributed by atoms with Gasteiger partial charge in [-0.25, -0.2) is 14.5 Å². The zero-order chi connectivity index (χ0) is 16.4. The van der Waals surface area contributed by atoms with Crippen LogP contribution in [0.5, 0.6) is 0 Å². The number of benzene rings is 1. The number of rotatable bonds is 3. The number of urea groups is 1. The maximum absolute atomic E-state index is 12.3. The predicted octanol–water partition coefficient (Wildman–Crippen LogP) is 3.14. The SMILES string of the molecule is O=C(Nc1cccc(-c2cccs2)c1)N[C@H]1CCc2ncnn2C1. The average molecular weight is 339 g/mol. The van der Waals surface area contributed by atoms with Crippen LogP contribution in [0.4, 0.5) is 10.5 Å². The first-order valence-corrected chi connectivity index (χ1v) is 8.74.